The molecule has 3 rings (SSSR count). The predicted molar refractivity (Wildman–Crippen MR) is 75.3 cm³/mol. The van der Waals surface area contributed by atoms with Crippen LogP contribution in [0.15, 0.2) is 22.9 Å². The van der Waals surface area contributed by atoms with Gasteiger partial charge in [0.1, 0.15) is 12.8 Å². The summed E-state index contributed by atoms with van der Waals surface area (Å²) in [7, 11) is 1.57. The van der Waals surface area contributed by atoms with Crippen LogP contribution in [-0.2, 0) is 17.8 Å². The largest absolute Gasteiger partial charge is 0.397 e. The Morgan fingerprint density at radius 1 is 1.58 bits per heavy atom. The number of nitrogens with one attached hydrogen (secondary N) is 1. The molecule has 0 bridgehead atoms. The summed E-state index contributed by atoms with van der Waals surface area (Å²) in [4.78, 5) is 16.1. The normalized spacial score (nSPS) is 15.5. The van der Waals surface area contributed by atoms with Gasteiger partial charge in [-0.1, -0.05) is 5.16 Å². The molecule has 100 valence electrons. The number of imidazole rings is 1. The van der Waals surface area contributed by atoms with Crippen molar-refractivity contribution in [3.05, 3.63) is 39.6 Å². The number of nitrogens with zero attached hydrogens (tertiary/aromatic N) is 3. The van der Waals surface area contributed by atoms with Gasteiger partial charge in [-0.3, -0.25) is 0 Å². The smallest absolute Gasteiger partial charge is 0.196 e. The number of aromatic nitrogens is 2. The zero-order valence-electron chi connectivity index (χ0n) is 11.0. The molecule has 0 saturated carbocycles. The molecule has 0 fully saturated rings. The number of H-pyrrole nitrogens is 1. The third-order valence-corrected chi connectivity index (χ3v) is 4.35. The van der Waals surface area contributed by atoms with E-state index in [1.54, 1.807) is 13.4 Å². The van der Waals surface area contributed by atoms with Gasteiger partial charge in [-0.2, -0.15) is 0 Å². The molecule has 2 aromatic rings. The number of aromatic amines is 1. The van der Waals surface area contributed by atoms with E-state index in [2.05, 4.69) is 31.5 Å². The number of amidine groups is 1. The summed E-state index contributed by atoms with van der Waals surface area (Å²) in [6.45, 7) is 3.81. The molecule has 0 atom stereocenters. The standard InChI is InChI=1S/C13H16N4OS/c1-9-12(15-8-14-9)13(16-18-2)17-5-3-11-10(7-17)4-6-19-11/h4,6,8H,3,5,7H2,1-2H3,(H,14,15)/b16-13-. The first-order valence-electron chi connectivity index (χ1n) is 6.21. The lowest BCUT2D eigenvalue weighted by molar-refractivity contribution is 0.204. The highest BCUT2D eigenvalue weighted by Gasteiger charge is 2.24. The van der Waals surface area contributed by atoms with Gasteiger partial charge in [0.15, 0.2) is 5.84 Å². The van der Waals surface area contributed by atoms with Gasteiger partial charge in [-0.05, 0) is 30.4 Å². The van der Waals surface area contributed by atoms with Gasteiger partial charge >= 0.3 is 0 Å². The van der Waals surface area contributed by atoms with Gasteiger partial charge in [0.05, 0.1) is 6.33 Å². The van der Waals surface area contributed by atoms with Crippen LogP contribution >= 0.6 is 11.3 Å². The highest BCUT2D eigenvalue weighted by atomic mass is 32.1. The van der Waals surface area contributed by atoms with Crippen LogP contribution in [-0.4, -0.2) is 34.4 Å². The van der Waals surface area contributed by atoms with Crippen molar-refractivity contribution >= 4 is 17.2 Å². The Kier molecular flexibility index (Phi) is 3.25. The Morgan fingerprint density at radius 3 is 3.21 bits per heavy atom. The van der Waals surface area contributed by atoms with Crippen molar-refractivity contribution in [2.75, 3.05) is 13.7 Å². The van der Waals surface area contributed by atoms with Gasteiger partial charge < -0.3 is 14.7 Å². The fraction of sp³-hybridized carbons (Fsp3) is 0.385. The Hall–Kier alpha value is -1.82. The van der Waals surface area contributed by atoms with Gasteiger partial charge in [0.2, 0.25) is 0 Å². The summed E-state index contributed by atoms with van der Waals surface area (Å²) in [5.41, 5.74) is 3.25. The van der Waals surface area contributed by atoms with E-state index in [4.69, 9.17) is 4.84 Å². The molecule has 0 aromatic carbocycles. The molecule has 0 amide bonds. The van der Waals surface area contributed by atoms with Gasteiger partial charge in [0, 0.05) is 23.7 Å². The third kappa shape index (κ3) is 2.23. The number of oxime groups is 1. The average molecular weight is 276 g/mol. The molecule has 2 aromatic heterocycles. The summed E-state index contributed by atoms with van der Waals surface area (Å²) in [5, 5.41) is 6.33. The Balaban J connectivity index is 1.91. The number of hydrogen-bond donors (Lipinski definition) is 1. The van der Waals surface area contributed by atoms with E-state index in [-0.39, 0.29) is 0 Å². The third-order valence-electron chi connectivity index (χ3n) is 3.33. The molecule has 1 N–H and O–H groups in total. The van der Waals surface area contributed by atoms with E-state index >= 15 is 0 Å². The molecule has 0 saturated heterocycles. The minimum absolute atomic E-state index is 0.804. The summed E-state index contributed by atoms with van der Waals surface area (Å²) < 4.78 is 0. The monoisotopic (exact) mass is 276 g/mol. The van der Waals surface area contributed by atoms with E-state index in [0.29, 0.717) is 0 Å². The molecule has 6 heteroatoms. The van der Waals surface area contributed by atoms with Crippen molar-refractivity contribution in [1.29, 1.82) is 0 Å². The molecular weight excluding hydrogens is 260 g/mol. The first-order valence-corrected chi connectivity index (χ1v) is 7.09. The van der Waals surface area contributed by atoms with Crippen molar-refractivity contribution in [3.63, 3.8) is 0 Å². The molecule has 5 nitrogen and oxygen atoms in total. The lowest BCUT2D eigenvalue weighted by Gasteiger charge is -2.28. The predicted octanol–water partition coefficient (Wildman–Crippen LogP) is 2.15. The summed E-state index contributed by atoms with van der Waals surface area (Å²) in [5.74, 6) is 0.804. The number of rotatable bonds is 2. The fourth-order valence-corrected chi connectivity index (χ4v) is 3.24. The second kappa shape index (κ2) is 5.05. The first kappa shape index (κ1) is 12.2. The average Bonchev–Trinajstić information content (AvgIpc) is 3.03. The van der Waals surface area contributed by atoms with Crippen molar-refractivity contribution in [3.8, 4) is 0 Å². The summed E-state index contributed by atoms with van der Waals surface area (Å²) >= 11 is 1.83. The highest BCUT2D eigenvalue weighted by Crippen LogP contribution is 2.25. The molecule has 19 heavy (non-hydrogen) atoms. The van der Waals surface area contributed by atoms with E-state index < -0.39 is 0 Å². The van der Waals surface area contributed by atoms with Gasteiger partial charge in [0.25, 0.3) is 0 Å². The lowest BCUT2D eigenvalue weighted by atomic mass is 10.1. The van der Waals surface area contributed by atoms with Crippen molar-refractivity contribution in [2.24, 2.45) is 5.16 Å². The Bertz CT molecular complexity index is 601. The number of thiophene rings is 1. The zero-order valence-corrected chi connectivity index (χ0v) is 11.8. The molecule has 1 aliphatic heterocycles. The number of fused-ring (bicyclic) bond motifs is 1. The van der Waals surface area contributed by atoms with Crippen LogP contribution in [0.5, 0.6) is 0 Å². The molecule has 1 aliphatic rings. The number of hydrogen-bond acceptors (Lipinski definition) is 4. The first-order chi connectivity index (χ1) is 9.29. The topological polar surface area (TPSA) is 53.5 Å². The Morgan fingerprint density at radius 2 is 2.47 bits per heavy atom. The molecular formula is C13H16N4OS. The van der Waals surface area contributed by atoms with Crippen LogP contribution < -0.4 is 0 Å². The quantitative estimate of drug-likeness (QED) is 0.519. The zero-order chi connectivity index (χ0) is 13.2. The molecule has 3 heterocycles. The van der Waals surface area contributed by atoms with Crippen LogP contribution in [0.3, 0.4) is 0 Å². The minimum Gasteiger partial charge on any atom is -0.397 e. The van der Waals surface area contributed by atoms with Crippen LogP contribution in [0.25, 0.3) is 0 Å². The molecule has 0 radical (unpaired) electrons. The van der Waals surface area contributed by atoms with Gasteiger partial charge in [-0.25, -0.2) is 4.98 Å². The highest BCUT2D eigenvalue weighted by molar-refractivity contribution is 7.10. The fourth-order valence-electron chi connectivity index (χ4n) is 2.35. The maximum Gasteiger partial charge on any atom is 0.196 e. The van der Waals surface area contributed by atoms with Crippen LogP contribution in [0.4, 0.5) is 0 Å². The second-order valence-corrected chi connectivity index (χ2v) is 5.51. The molecule has 0 spiro atoms. The Labute approximate surface area is 115 Å². The van der Waals surface area contributed by atoms with Crippen molar-refractivity contribution in [2.45, 2.75) is 19.9 Å². The lowest BCUT2D eigenvalue weighted by Crippen LogP contribution is -2.36. The van der Waals surface area contributed by atoms with E-state index in [1.807, 2.05) is 18.3 Å². The molecule has 0 aliphatic carbocycles. The SMILES string of the molecule is CO/N=C(/c1nc[nH]c1C)N1CCc2sccc2C1. The summed E-state index contributed by atoms with van der Waals surface area (Å²) in [6.07, 6.45) is 2.75. The number of aryl methyl sites for hydroxylation is 1. The van der Waals surface area contributed by atoms with Crippen molar-refractivity contribution in [1.82, 2.24) is 14.9 Å². The van der Waals surface area contributed by atoms with Crippen LogP contribution in [0.1, 0.15) is 21.8 Å². The van der Waals surface area contributed by atoms with Crippen LogP contribution in [0, 0.1) is 6.92 Å². The van der Waals surface area contributed by atoms with E-state index in [9.17, 15) is 0 Å². The second-order valence-electron chi connectivity index (χ2n) is 4.51. The van der Waals surface area contributed by atoms with E-state index in [1.165, 1.54) is 10.4 Å². The minimum atomic E-state index is 0.804. The van der Waals surface area contributed by atoms with E-state index in [0.717, 1.165) is 36.7 Å². The van der Waals surface area contributed by atoms with Gasteiger partial charge in [-0.15, -0.1) is 11.3 Å². The van der Waals surface area contributed by atoms with Crippen LogP contribution in [0.2, 0.25) is 0 Å². The maximum atomic E-state index is 5.00. The van der Waals surface area contributed by atoms with Crippen molar-refractivity contribution < 1.29 is 4.84 Å². The molecule has 0 unspecified atom stereocenters. The summed E-state index contributed by atoms with van der Waals surface area (Å²) in [6, 6.07) is 2.19. The maximum absolute atomic E-state index is 5.00.